The molecule has 0 radical (unpaired) electrons. The molecule has 4 aliphatic rings. The average molecular weight is 523 g/mol. The first-order chi connectivity index (χ1) is 18.0. The zero-order valence-corrected chi connectivity index (χ0v) is 24.8. The van der Waals surface area contributed by atoms with Crippen molar-refractivity contribution in [3.63, 3.8) is 0 Å². The number of ether oxygens (including phenoxy) is 1. The monoisotopic (exact) mass is 522 g/mol. The maximum absolute atomic E-state index is 12.9. The van der Waals surface area contributed by atoms with E-state index in [1.165, 1.54) is 64.2 Å². The molecule has 0 saturated heterocycles. The molecule has 0 spiro atoms. The normalized spacial score (nSPS) is 39.2. The van der Waals surface area contributed by atoms with E-state index in [9.17, 15) is 4.79 Å². The van der Waals surface area contributed by atoms with Gasteiger partial charge in [-0.25, -0.2) is 4.79 Å². The summed E-state index contributed by atoms with van der Waals surface area (Å²) in [5, 5.41) is 0. The fraction of sp³-hybridized carbons (Fsp3) is 0.794. The van der Waals surface area contributed by atoms with Crippen molar-refractivity contribution in [3.05, 3.63) is 23.8 Å². The van der Waals surface area contributed by atoms with E-state index in [1.54, 1.807) is 18.2 Å². The SMILES string of the molecule is CC(C)CCCC(C)[C@H]1CCC2C3CCC4CC(OC(=O)c5cc(N)cc(N)c5)CCC4(C)C3CCC21C. The number of carbonyl (C=O) groups is 1. The second-order valence-corrected chi connectivity index (χ2v) is 14.9. The van der Waals surface area contributed by atoms with Crippen LogP contribution in [0.25, 0.3) is 0 Å². The summed E-state index contributed by atoms with van der Waals surface area (Å²) in [5.74, 6) is 5.67. The lowest BCUT2D eigenvalue weighted by Crippen LogP contribution is -2.54. The Morgan fingerprint density at radius 2 is 1.58 bits per heavy atom. The largest absolute Gasteiger partial charge is 0.459 e. The first kappa shape index (κ1) is 27.8. The third kappa shape index (κ3) is 5.10. The van der Waals surface area contributed by atoms with Gasteiger partial charge >= 0.3 is 5.97 Å². The molecule has 212 valence electrons. The van der Waals surface area contributed by atoms with Crippen molar-refractivity contribution in [3.8, 4) is 0 Å². The van der Waals surface area contributed by atoms with Crippen LogP contribution in [0.2, 0.25) is 0 Å². The lowest BCUT2D eigenvalue weighted by molar-refractivity contribution is -0.130. The first-order valence-corrected chi connectivity index (χ1v) is 15.9. The second-order valence-electron chi connectivity index (χ2n) is 14.9. The van der Waals surface area contributed by atoms with Crippen molar-refractivity contribution in [2.45, 2.75) is 118 Å². The average Bonchev–Trinajstić information content (AvgIpc) is 3.20. The molecule has 4 fully saturated rings. The maximum Gasteiger partial charge on any atom is 0.338 e. The van der Waals surface area contributed by atoms with Gasteiger partial charge in [0.05, 0.1) is 5.56 Å². The molecular weight excluding hydrogens is 468 g/mol. The summed E-state index contributed by atoms with van der Waals surface area (Å²) < 4.78 is 6.04. The molecule has 4 N–H and O–H groups in total. The fourth-order valence-electron chi connectivity index (χ4n) is 10.4. The van der Waals surface area contributed by atoms with Gasteiger partial charge in [-0.2, -0.15) is 0 Å². The van der Waals surface area contributed by atoms with Gasteiger partial charge in [0.25, 0.3) is 0 Å². The number of esters is 1. The van der Waals surface area contributed by atoms with Crippen LogP contribution in [0.3, 0.4) is 0 Å². The molecule has 9 atom stereocenters. The summed E-state index contributed by atoms with van der Waals surface area (Å²) in [6.07, 6.45) is 15.8. The van der Waals surface area contributed by atoms with E-state index in [-0.39, 0.29) is 12.1 Å². The van der Waals surface area contributed by atoms with E-state index in [4.69, 9.17) is 16.2 Å². The Kier molecular flexibility index (Phi) is 7.84. The number of carbonyl (C=O) groups excluding carboxylic acids is 1. The Hall–Kier alpha value is -1.71. The highest BCUT2D eigenvalue weighted by atomic mass is 16.5. The molecule has 0 aliphatic heterocycles. The number of rotatable bonds is 7. The molecule has 4 aliphatic carbocycles. The molecule has 4 nitrogen and oxygen atoms in total. The molecule has 0 aromatic heterocycles. The van der Waals surface area contributed by atoms with Gasteiger partial charge in [-0.3, -0.25) is 0 Å². The van der Waals surface area contributed by atoms with Crippen molar-refractivity contribution < 1.29 is 9.53 Å². The van der Waals surface area contributed by atoms with Gasteiger partial charge in [-0.05, 0) is 128 Å². The molecule has 0 amide bonds. The zero-order chi connectivity index (χ0) is 27.2. The molecule has 4 heteroatoms. The van der Waals surface area contributed by atoms with Crippen LogP contribution in [0.15, 0.2) is 18.2 Å². The van der Waals surface area contributed by atoms with Crippen LogP contribution in [-0.4, -0.2) is 12.1 Å². The Labute approximate surface area is 232 Å². The van der Waals surface area contributed by atoms with Crippen molar-refractivity contribution in [1.29, 1.82) is 0 Å². The summed E-state index contributed by atoms with van der Waals surface area (Å²) in [4.78, 5) is 12.9. The molecule has 0 bridgehead atoms. The lowest BCUT2D eigenvalue weighted by atomic mass is 9.44. The topological polar surface area (TPSA) is 78.3 Å². The standard InChI is InChI=1S/C34H54N2O2/c1-21(2)7-6-8-22(3)29-11-12-30-28-10-9-24-19-27(38-32(37)23-17-25(35)20-26(36)18-23)13-15-33(24,4)31(28)14-16-34(29,30)5/h17-18,20-22,24,27-31H,6-16,19,35-36H2,1-5H3/t22?,24?,27?,28?,29-,30?,31?,33?,34?/m1/s1. The van der Waals surface area contributed by atoms with Gasteiger partial charge in [0.15, 0.2) is 0 Å². The van der Waals surface area contributed by atoms with Crippen LogP contribution in [0.1, 0.15) is 122 Å². The molecule has 1 aromatic rings. The summed E-state index contributed by atoms with van der Waals surface area (Å²) in [7, 11) is 0. The molecular formula is C34H54N2O2. The summed E-state index contributed by atoms with van der Waals surface area (Å²) in [6, 6.07) is 5.03. The predicted octanol–water partition coefficient (Wildman–Crippen LogP) is 8.50. The van der Waals surface area contributed by atoms with Crippen LogP contribution in [0.4, 0.5) is 11.4 Å². The van der Waals surface area contributed by atoms with E-state index >= 15 is 0 Å². The Morgan fingerprint density at radius 1 is 0.895 bits per heavy atom. The minimum absolute atomic E-state index is 0.0104. The molecule has 4 saturated carbocycles. The van der Waals surface area contributed by atoms with Gasteiger partial charge in [-0.15, -0.1) is 0 Å². The van der Waals surface area contributed by atoms with Crippen LogP contribution in [0, 0.1) is 52.3 Å². The van der Waals surface area contributed by atoms with Crippen molar-refractivity contribution in [2.24, 2.45) is 52.3 Å². The third-order valence-corrected chi connectivity index (χ3v) is 12.3. The molecule has 0 heterocycles. The molecule has 5 rings (SSSR count). The Bertz CT molecular complexity index is 986. The van der Waals surface area contributed by atoms with E-state index in [2.05, 4.69) is 34.6 Å². The lowest BCUT2D eigenvalue weighted by Gasteiger charge is -2.61. The fourth-order valence-corrected chi connectivity index (χ4v) is 10.4. The highest BCUT2D eigenvalue weighted by molar-refractivity contribution is 5.91. The van der Waals surface area contributed by atoms with E-state index in [0.717, 1.165) is 48.3 Å². The zero-order valence-electron chi connectivity index (χ0n) is 24.8. The van der Waals surface area contributed by atoms with Gasteiger partial charge in [-0.1, -0.05) is 53.9 Å². The maximum atomic E-state index is 12.9. The Morgan fingerprint density at radius 3 is 2.29 bits per heavy atom. The highest BCUT2D eigenvalue weighted by Crippen LogP contribution is 2.68. The number of hydrogen-bond acceptors (Lipinski definition) is 4. The van der Waals surface area contributed by atoms with Gasteiger partial charge < -0.3 is 16.2 Å². The third-order valence-electron chi connectivity index (χ3n) is 12.3. The van der Waals surface area contributed by atoms with Gasteiger partial charge in [0.1, 0.15) is 6.10 Å². The minimum Gasteiger partial charge on any atom is -0.459 e. The van der Waals surface area contributed by atoms with Crippen molar-refractivity contribution in [2.75, 3.05) is 11.5 Å². The van der Waals surface area contributed by atoms with Gasteiger partial charge in [0.2, 0.25) is 0 Å². The predicted molar refractivity (Wildman–Crippen MR) is 158 cm³/mol. The molecule has 38 heavy (non-hydrogen) atoms. The smallest absolute Gasteiger partial charge is 0.338 e. The minimum atomic E-state index is -0.278. The van der Waals surface area contributed by atoms with Crippen LogP contribution < -0.4 is 11.5 Å². The number of nitrogens with two attached hydrogens (primary N) is 2. The van der Waals surface area contributed by atoms with Crippen molar-refractivity contribution >= 4 is 17.3 Å². The Balaban J connectivity index is 1.22. The van der Waals surface area contributed by atoms with E-state index in [1.807, 2.05) is 0 Å². The summed E-state index contributed by atoms with van der Waals surface area (Å²) >= 11 is 0. The van der Waals surface area contributed by atoms with Crippen LogP contribution in [0.5, 0.6) is 0 Å². The molecule has 1 aromatic carbocycles. The number of nitrogen functional groups attached to an aromatic ring is 2. The van der Waals surface area contributed by atoms with Crippen LogP contribution >= 0.6 is 0 Å². The van der Waals surface area contributed by atoms with Gasteiger partial charge in [0, 0.05) is 11.4 Å². The summed E-state index contributed by atoms with van der Waals surface area (Å²) in [6.45, 7) is 12.6. The number of fused-ring (bicyclic) bond motifs is 5. The van der Waals surface area contributed by atoms with E-state index in [0.29, 0.717) is 33.7 Å². The van der Waals surface area contributed by atoms with Crippen molar-refractivity contribution in [1.82, 2.24) is 0 Å². The number of hydrogen-bond donors (Lipinski definition) is 2. The first-order valence-electron chi connectivity index (χ1n) is 15.9. The van der Waals surface area contributed by atoms with E-state index < -0.39 is 0 Å². The molecule has 8 unspecified atom stereocenters. The number of anilines is 2. The quantitative estimate of drug-likeness (QED) is 0.278. The summed E-state index contributed by atoms with van der Waals surface area (Å²) in [5.41, 5.74) is 14.3. The van der Waals surface area contributed by atoms with Crippen LogP contribution in [-0.2, 0) is 4.74 Å². The number of benzene rings is 1. The second kappa shape index (κ2) is 10.7. The highest BCUT2D eigenvalue weighted by Gasteiger charge is 2.60.